The van der Waals surface area contributed by atoms with Crippen molar-refractivity contribution in [1.29, 1.82) is 0 Å². The lowest BCUT2D eigenvalue weighted by Gasteiger charge is -2.08. The third-order valence-electron chi connectivity index (χ3n) is 1.80. The highest BCUT2D eigenvalue weighted by Gasteiger charge is 2.32. The fraction of sp³-hybridized carbons (Fsp3) is 0.333. The first kappa shape index (κ1) is 8.48. The van der Waals surface area contributed by atoms with E-state index in [0.717, 1.165) is 0 Å². The van der Waals surface area contributed by atoms with Gasteiger partial charge in [-0.2, -0.15) is 0 Å². The molecular formula is C6H7N7O. The van der Waals surface area contributed by atoms with E-state index in [9.17, 15) is 4.79 Å². The SMILES string of the molecule is CC1(c2nc(C(N)=O)n[nH]2)C=NN=N1. The molecule has 1 aromatic rings. The van der Waals surface area contributed by atoms with Gasteiger partial charge in [0.1, 0.15) is 0 Å². The predicted molar refractivity (Wildman–Crippen MR) is 45.6 cm³/mol. The van der Waals surface area contributed by atoms with Gasteiger partial charge in [-0.05, 0) is 12.1 Å². The van der Waals surface area contributed by atoms with Crippen molar-refractivity contribution in [3.8, 4) is 0 Å². The molecule has 0 aliphatic carbocycles. The Morgan fingerprint density at radius 2 is 2.43 bits per heavy atom. The van der Waals surface area contributed by atoms with Crippen molar-refractivity contribution >= 4 is 12.1 Å². The normalized spacial score (nSPS) is 24.4. The van der Waals surface area contributed by atoms with Crippen molar-refractivity contribution in [3.63, 3.8) is 0 Å². The number of nitrogens with one attached hydrogen (secondary N) is 1. The van der Waals surface area contributed by atoms with Gasteiger partial charge >= 0.3 is 0 Å². The summed E-state index contributed by atoms with van der Waals surface area (Å²) in [4.78, 5) is 14.6. The van der Waals surface area contributed by atoms with Gasteiger partial charge in [0, 0.05) is 0 Å². The molecule has 8 heteroatoms. The van der Waals surface area contributed by atoms with Crippen molar-refractivity contribution in [3.05, 3.63) is 11.6 Å². The minimum Gasteiger partial charge on any atom is -0.363 e. The third-order valence-corrected chi connectivity index (χ3v) is 1.80. The molecule has 14 heavy (non-hydrogen) atoms. The molecule has 2 rings (SSSR count). The fourth-order valence-corrected chi connectivity index (χ4v) is 0.990. The summed E-state index contributed by atoms with van der Waals surface area (Å²) in [5, 5.41) is 17.1. The first-order valence-electron chi connectivity index (χ1n) is 3.81. The Morgan fingerprint density at radius 3 is 2.93 bits per heavy atom. The minimum absolute atomic E-state index is 0.0725. The van der Waals surface area contributed by atoms with E-state index >= 15 is 0 Å². The Balaban J connectivity index is 2.38. The van der Waals surface area contributed by atoms with Crippen LogP contribution in [-0.4, -0.2) is 27.3 Å². The van der Waals surface area contributed by atoms with E-state index in [1.54, 1.807) is 6.92 Å². The lowest BCUT2D eigenvalue weighted by atomic mass is 10.1. The van der Waals surface area contributed by atoms with Crippen molar-refractivity contribution in [1.82, 2.24) is 15.2 Å². The van der Waals surface area contributed by atoms with E-state index in [1.807, 2.05) is 0 Å². The van der Waals surface area contributed by atoms with Crippen LogP contribution in [0.25, 0.3) is 0 Å². The average molecular weight is 193 g/mol. The Morgan fingerprint density at radius 1 is 1.64 bits per heavy atom. The highest BCUT2D eigenvalue weighted by atomic mass is 16.1. The van der Waals surface area contributed by atoms with Crippen LogP contribution in [0.15, 0.2) is 15.4 Å². The number of amides is 1. The van der Waals surface area contributed by atoms with Gasteiger partial charge in [0.15, 0.2) is 11.4 Å². The van der Waals surface area contributed by atoms with Crippen LogP contribution < -0.4 is 5.73 Å². The molecule has 0 fully saturated rings. The molecule has 0 saturated carbocycles. The summed E-state index contributed by atoms with van der Waals surface area (Å²) in [6, 6.07) is 0. The number of aromatic amines is 1. The lowest BCUT2D eigenvalue weighted by molar-refractivity contribution is 0.0991. The van der Waals surface area contributed by atoms with Crippen LogP contribution in [0.5, 0.6) is 0 Å². The second-order valence-electron chi connectivity index (χ2n) is 2.95. The van der Waals surface area contributed by atoms with Gasteiger partial charge in [0.2, 0.25) is 5.82 Å². The summed E-state index contributed by atoms with van der Waals surface area (Å²) in [6.45, 7) is 1.73. The summed E-state index contributed by atoms with van der Waals surface area (Å²) >= 11 is 0. The number of carbonyl (C=O) groups is 1. The van der Waals surface area contributed by atoms with Gasteiger partial charge < -0.3 is 5.73 Å². The second kappa shape index (κ2) is 2.69. The first-order valence-corrected chi connectivity index (χ1v) is 3.81. The Labute approximate surface area is 78.3 Å². The second-order valence-corrected chi connectivity index (χ2v) is 2.95. The number of hydrogen-bond acceptors (Lipinski definition) is 6. The smallest absolute Gasteiger partial charge is 0.288 e. The van der Waals surface area contributed by atoms with Gasteiger partial charge in [0.25, 0.3) is 5.91 Å². The lowest BCUT2D eigenvalue weighted by Crippen LogP contribution is -2.20. The molecule has 0 bridgehead atoms. The van der Waals surface area contributed by atoms with E-state index < -0.39 is 11.4 Å². The molecule has 2 heterocycles. The molecule has 8 nitrogen and oxygen atoms in total. The monoisotopic (exact) mass is 193 g/mol. The molecule has 1 atom stereocenters. The van der Waals surface area contributed by atoms with Gasteiger partial charge in [0.05, 0.1) is 6.21 Å². The zero-order chi connectivity index (χ0) is 10.2. The number of nitrogens with zero attached hydrogens (tertiary/aromatic N) is 5. The number of carbonyl (C=O) groups excluding carboxylic acids is 1. The molecule has 1 aromatic heterocycles. The largest absolute Gasteiger partial charge is 0.363 e. The summed E-state index contributed by atoms with van der Waals surface area (Å²) in [5.41, 5.74) is 4.22. The average Bonchev–Trinajstić information content (AvgIpc) is 2.71. The Bertz CT molecular complexity index is 419. The first-order chi connectivity index (χ1) is 6.62. The molecule has 3 N–H and O–H groups in total. The van der Waals surface area contributed by atoms with E-state index in [-0.39, 0.29) is 5.82 Å². The zero-order valence-electron chi connectivity index (χ0n) is 7.30. The summed E-state index contributed by atoms with van der Waals surface area (Å²) < 4.78 is 0. The van der Waals surface area contributed by atoms with Gasteiger partial charge in [-0.1, -0.05) is 0 Å². The molecule has 0 aromatic carbocycles. The molecule has 1 amide bonds. The molecule has 72 valence electrons. The highest BCUT2D eigenvalue weighted by molar-refractivity contribution is 5.88. The van der Waals surface area contributed by atoms with E-state index in [1.165, 1.54) is 6.21 Å². The van der Waals surface area contributed by atoms with Crippen LogP contribution in [-0.2, 0) is 5.54 Å². The van der Waals surface area contributed by atoms with E-state index in [2.05, 4.69) is 30.6 Å². The van der Waals surface area contributed by atoms with Gasteiger partial charge in [-0.25, -0.2) is 4.98 Å². The Hall–Kier alpha value is -2.12. The maximum Gasteiger partial charge on any atom is 0.288 e. The standard InChI is InChI=1S/C6H7N7O/c1-6(2-8-13-12-6)5-9-4(3(7)14)10-11-5/h2H,1H3,(H2,7,14)(H,9,10,11). The highest BCUT2D eigenvalue weighted by Crippen LogP contribution is 2.23. The molecule has 0 radical (unpaired) electrons. The molecule has 1 unspecified atom stereocenters. The number of nitrogens with two attached hydrogens (primary N) is 1. The van der Waals surface area contributed by atoms with Crippen LogP contribution in [0.4, 0.5) is 0 Å². The number of aromatic nitrogens is 3. The number of H-pyrrole nitrogens is 1. The van der Waals surface area contributed by atoms with Crippen LogP contribution in [0.3, 0.4) is 0 Å². The predicted octanol–water partition coefficient (Wildman–Crippen LogP) is -0.430. The van der Waals surface area contributed by atoms with Crippen LogP contribution in [0.1, 0.15) is 23.4 Å². The van der Waals surface area contributed by atoms with Crippen LogP contribution in [0, 0.1) is 0 Å². The third kappa shape index (κ3) is 1.16. The maximum absolute atomic E-state index is 10.7. The molecule has 0 spiro atoms. The molecule has 1 aliphatic rings. The fourth-order valence-electron chi connectivity index (χ4n) is 0.990. The number of rotatable bonds is 2. The summed E-state index contributed by atoms with van der Waals surface area (Å²) in [5.74, 6) is -0.379. The van der Waals surface area contributed by atoms with Crippen molar-refractivity contribution in [2.45, 2.75) is 12.5 Å². The maximum atomic E-state index is 10.7. The quantitative estimate of drug-likeness (QED) is 0.662. The summed E-state index contributed by atoms with van der Waals surface area (Å²) in [7, 11) is 0. The van der Waals surface area contributed by atoms with Gasteiger partial charge in [-0.3, -0.25) is 9.89 Å². The van der Waals surface area contributed by atoms with Crippen LogP contribution in [0.2, 0.25) is 0 Å². The van der Waals surface area contributed by atoms with Crippen LogP contribution >= 0.6 is 0 Å². The molecular weight excluding hydrogens is 186 g/mol. The van der Waals surface area contributed by atoms with Gasteiger partial charge in [-0.15, -0.1) is 15.3 Å². The van der Waals surface area contributed by atoms with Crippen molar-refractivity contribution in [2.75, 3.05) is 0 Å². The molecule has 0 saturated heterocycles. The minimum atomic E-state index is -0.777. The van der Waals surface area contributed by atoms with Crippen molar-refractivity contribution in [2.24, 2.45) is 21.2 Å². The summed E-state index contributed by atoms with van der Waals surface area (Å²) in [6.07, 6.45) is 1.50. The van der Waals surface area contributed by atoms with E-state index in [4.69, 9.17) is 5.73 Å². The number of primary amides is 1. The Kier molecular flexibility index (Phi) is 1.63. The van der Waals surface area contributed by atoms with E-state index in [0.29, 0.717) is 5.82 Å². The van der Waals surface area contributed by atoms with Crippen molar-refractivity contribution < 1.29 is 4.79 Å². The molecule has 1 aliphatic heterocycles. The topological polar surface area (TPSA) is 122 Å². The zero-order valence-corrected chi connectivity index (χ0v) is 7.30. The number of hydrogen-bond donors (Lipinski definition) is 2.